The fourth-order valence-corrected chi connectivity index (χ4v) is 3.52. The molecule has 10 nitrogen and oxygen atoms in total. The predicted octanol–water partition coefficient (Wildman–Crippen LogP) is 1.18. The lowest BCUT2D eigenvalue weighted by atomic mass is 10.2. The molecule has 1 aromatic carbocycles. The fourth-order valence-electron chi connectivity index (χ4n) is 2.45. The van der Waals surface area contributed by atoms with Gasteiger partial charge in [-0.1, -0.05) is 6.07 Å². The number of non-ortho nitro benzene ring substituents is 1. The molecular formula is C16H15N5O5S. The van der Waals surface area contributed by atoms with Crippen molar-refractivity contribution in [2.24, 2.45) is 0 Å². The maximum Gasteiger partial charge on any atom is 0.270 e. The maximum atomic E-state index is 12.2. The van der Waals surface area contributed by atoms with E-state index >= 15 is 0 Å². The van der Waals surface area contributed by atoms with E-state index in [1.165, 1.54) is 24.4 Å². The molecule has 0 atom stereocenters. The van der Waals surface area contributed by atoms with Gasteiger partial charge in [0.1, 0.15) is 5.65 Å². The van der Waals surface area contributed by atoms with Gasteiger partial charge in [0.15, 0.2) is 0 Å². The minimum absolute atomic E-state index is 0.0416. The van der Waals surface area contributed by atoms with Crippen LogP contribution in [0.4, 0.5) is 5.69 Å². The highest BCUT2D eigenvalue weighted by Gasteiger charge is 2.17. The van der Waals surface area contributed by atoms with Crippen LogP contribution in [0.2, 0.25) is 0 Å². The third-order valence-electron chi connectivity index (χ3n) is 3.74. The average molecular weight is 389 g/mol. The molecule has 0 aliphatic carbocycles. The Morgan fingerprint density at radius 1 is 1.22 bits per heavy atom. The Balaban J connectivity index is 1.58. The van der Waals surface area contributed by atoms with Crippen LogP contribution in [-0.4, -0.2) is 42.3 Å². The van der Waals surface area contributed by atoms with Gasteiger partial charge in [0.05, 0.1) is 15.4 Å². The summed E-state index contributed by atoms with van der Waals surface area (Å²) in [5.41, 5.74) is 0.660. The first kappa shape index (κ1) is 18.5. The first-order valence-electron chi connectivity index (χ1n) is 7.83. The standard InChI is InChI=1S/C16H15N5O5S/c22-16(14-10-19-15-13(14)5-2-6-17-15)18-7-8-20-27(25,26)12-4-1-3-11(9-12)21(23)24/h1-6,9-10,20H,7-8H2,(H,17,19)(H,18,22). The number of hydrogen-bond donors (Lipinski definition) is 3. The van der Waals surface area contributed by atoms with Gasteiger partial charge in [0.25, 0.3) is 11.6 Å². The highest BCUT2D eigenvalue weighted by Crippen LogP contribution is 2.17. The molecule has 1 amide bonds. The topological polar surface area (TPSA) is 147 Å². The van der Waals surface area contributed by atoms with E-state index in [1.807, 2.05) is 0 Å². The number of hydrogen-bond acceptors (Lipinski definition) is 6. The van der Waals surface area contributed by atoms with E-state index in [1.54, 1.807) is 18.3 Å². The van der Waals surface area contributed by atoms with E-state index in [2.05, 4.69) is 20.0 Å². The van der Waals surface area contributed by atoms with E-state index in [-0.39, 0.29) is 29.6 Å². The van der Waals surface area contributed by atoms with Gasteiger partial charge in [-0.05, 0) is 18.2 Å². The molecule has 0 saturated carbocycles. The third kappa shape index (κ3) is 4.10. The summed E-state index contributed by atoms with van der Waals surface area (Å²) in [6.45, 7) is -0.0305. The summed E-state index contributed by atoms with van der Waals surface area (Å²) >= 11 is 0. The number of sulfonamides is 1. The number of aromatic nitrogens is 2. The van der Waals surface area contributed by atoms with E-state index in [9.17, 15) is 23.3 Å². The van der Waals surface area contributed by atoms with Crippen molar-refractivity contribution in [3.8, 4) is 0 Å². The number of benzene rings is 1. The molecule has 0 radical (unpaired) electrons. The van der Waals surface area contributed by atoms with Crippen LogP contribution in [-0.2, 0) is 10.0 Å². The molecule has 0 bridgehead atoms. The summed E-state index contributed by atoms with van der Waals surface area (Å²) in [7, 11) is -3.92. The lowest BCUT2D eigenvalue weighted by molar-refractivity contribution is -0.385. The van der Waals surface area contributed by atoms with Crippen LogP contribution in [0.15, 0.2) is 53.7 Å². The smallest absolute Gasteiger partial charge is 0.270 e. The molecule has 27 heavy (non-hydrogen) atoms. The first-order valence-corrected chi connectivity index (χ1v) is 9.31. The highest BCUT2D eigenvalue weighted by molar-refractivity contribution is 7.89. The number of nitrogens with zero attached hydrogens (tertiary/aromatic N) is 2. The van der Waals surface area contributed by atoms with Crippen molar-refractivity contribution in [2.75, 3.05) is 13.1 Å². The Morgan fingerprint density at radius 2 is 2.04 bits per heavy atom. The van der Waals surface area contributed by atoms with Crippen molar-refractivity contribution in [3.63, 3.8) is 0 Å². The summed E-state index contributed by atoms with van der Waals surface area (Å²) in [4.78, 5) is 29.1. The van der Waals surface area contributed by atoms with Crippen molar-refractivity contribution in [3.05, 3.63) is 64.5 Å². The van der Waals surface area contributed by atoms with Gasteiger partial charge in [0, 0.05) is 43.0 Å². The van der Waals surface area contributed by atoms with Gasteiger partial charge in [-0.2, -0.15) is 0 Å². The molecule has 2 aromatic heterocycles. The summed E-state index contributed by atoms with van der Waals surface area (Å²) in [6, 6.07) is 8.18. The van der Waals surface area contributed by atoms with Crippen LogP contribution in [0.3, 0.4) is 0 Å². The van der Waals surface area contributed by atoms with Gasteiger partial charge in [0.2, 0.25) is 10.0 Å². The first-order chi connectivity index (χ1) is 12.9. The van der Waals surface area contributed by atoms with Gasteiger partial charge in [-0.3, -0.25) is 14.9 Å². The number of aromatic amines is 1. The number of nitrogens with one attached hydrogen (secondary N) is 3. The van der Waals surface area contributed by atoms with Crippen LogP contribution < -0.4 is 10.0 Å². The van der Waals surface area contributed by atoms with Crippen molar-refractivity contribution < 1.29 is 18.1 Å². The maximum absolute atomic E-state index is 12.2. The normalized spacial score (nSPS) is 11.4. The van der Waals surface area contributed by atoms with Gasteiger partial charge >= 0.3 is 0 Å². The van der Waals surface area contributed by atoms with Crippen molar-refractivity contribution in [1.29, 1.82) is 0 Å². The van der Waals surface area contributed by atoms with Gasteiger partial charge < -0.3 is 10.3 Å². The number of carbonyl (C=O) groups excluding carboxylic acids is 1. The van der Waals surface area contributed by atoms with Crippen LogP contribution in [0, 0.1) is 10.1 Å². The minimum Gasteiger partial charge on any atom is -0.351 e. The number of pyridine rings is 1. The number of amides is 1. The number of nitro benzene ring substituents is 1. The Bertz CT molecular complexity index is 1110. The number of fused-ring (bicyclic) bond motifs is 1. The van der Waals surface area contributed by atoms with Crippen LogP contribution >= 0.6 is 0 Å². The lowest BCUT2D eigenvalue weighted by Gasteiger charge is -2.08. The molecule has 3 aromatic rings. The zero-order chi connectivity index (χ0) is 19.4. The second-order valence-electron chi connectivity index (χ2n) is 5.51. The summed E-state index contributed by atoms with van der Waals surface area (Å²) in [5.74, 6) is -0.371. The molecule has 0 unspecified atom stereocenters. The molecule has 3 N–H and O–H groups in total. The lowest BCUT2D eigenvalue weighted by Crippen LogP contribution is -2.34. The molecular weight excluding hydrogens is 374 g/mol. The Kier molecular flexibility index (Phi) is 5.14. The minimum atomic E-state index is -3.92. The molecule has 140 valence electrons. The second kappa shape index (κ2) is 7.51. The molecule has 0 saturated heterocycles. The third-order valence-corrected chi connectivity index (χ3v) is 5.20. The van der Waals surface area contributed by atoms with Crippen molar-refractivity contribution in [1.82, 2.24) is 20.0 Å². The van der Waals surface area contributed by atoms with Gasteiger partial charge in [-0.15, -0.1) is 0 Å². The molecule has 0 fully saturated rings. The second-order valence-corrected chi connectivity index (χ2v) is 7.28. The zero-order valence-corrected chi connectivity index (χ0v) is 14.7. The van der Waals surface area contributed by atoms with E-state index in [4.69, 9.17) is 0 Å². The molecule has 11 heteroatoms. The Labute approximate surface area is 153 Å². The molecule has 0 aliphatic heterocycles. The predicted molar refractivity (Wildman–Crippen MR) is 96.7 cm³/mol. The fraction of sp³-hybridized carbons (Fsp3) is 0.125. The zero-order valence-electron chi connectivity index (χ0n) is 13.9. The molecule has 0 spiro atoms. The van der Waals surface area contributed by atoms with Crippen LogP contribution in [0.25, 0.3) is 11.0 Å². The number of rotatable bonds is 7. The Morgan fingerprint density at radius 3 is 2.81 bits per heavy atom. The molecule has 3 rings (SSSR count). The SMILES string of the molecule is O=C(NCCNS(=O)(=O)c1cccc([N+](=O)[O-])c1)c1c[nH]c2ncccc12. The summed E-state index contributed by atoms with van der Waals surface area (Å²) in [5, 5.41) is 14.0. The van der Waals surface area contributed by atoms with Crippen LogP contribution in [0.5, 0.6) is 0 Å². The average Bonchev–Trinajstić information content (AvgIpc) is 3.09. The van der Waals surface area contributed by atoms with E-state index in [0.717, 1.165) is 6.07 Å². The number of H-pyrrole nitrogens is 1. The van der Waals surface area contributed by atoms with E-state index in [0.29, 0.717) is 16.6 Å². The summed E-state index contributed by atoms with van der Waals surface area (Å²) in [6.07, 6.45) is 3.13. The van der Waals surface area contributed by atoms with Crippen molar-refractivity contribution in [2.45, 2.75) is 4.90 Å². The quantitative estimate of drug-likeness (QED) is 0.314. The largest absolute Gasteiger partial charge is 0.351 e. The molecule has 2 heterocycles. The van der Waals surface area contributed by atoms with Gasteiger partial charge in [-0.25, -0.2) is 18.1 Å². The molecule has 0 aliphatic rings. The van der Waals surface area contributed by atoms with Crippen molar-refractivity contribution >= 4 is 32.7 Å². The Hall–Kier alpha value is -3.31. The van der Waals surface area contributed by atoms with Crippen LogP contribution in [0.1, 0.15) is 10.4 Å². The number of carbonyl (C=O) groups is 1. The number of nitro groups is 1. The summed E-state index contributed by atoms with van der Waals surface area (Å²) < 4.78 is 26.7. The van der Waals surface area contributed by atoms with E-state index < -0.39 is 14.9 Å². The monoisotopic (exact) mass is 389 g/mol. The highest BCUT2D eigenvalue weighted by atomic mass is 32.2.